The molecule has 0 aromatic carbocycles. The number of likely N-dealkylation sites (N-methyl/N-ethyl adjacent to an activating group) is 1. The molecule has 1 aromatic rings. The van der Waals surface area contributed by atoms with Crippen LogP contribution in [0.3, 0.4) is 0 Å². The van der Waals surface area contributed by atoms with E-state index in [1.54, 1.807) is 19.9 Å². The van der Waals surface area contributed by atoms with Crippen LogP contribution < -0.4 is 0 Å². The van der Waals surface area contributed by atoms with Crippen molar-refractivity contribution in [1.82, 2.24) is 15.1 Å². The molecule has 1 rings (SSSR count). The van der Waals surface area contributed by atoms with Crippen LogP contribution in [0, 0.1) is 5.92 Å². The molecular weight excluding hydrogens is 222 g/mol. The van der Waals surface area contributed by atoms with Gasteiger partial charge in [-0.05, 0) is 18.1 Å². The van der Waals surface area contributed by atoms with Gasteiger partial charge in [-0.25, -0.2) is 4.79 Å². The molecule has 92 valence electrons. The summed E-state index contributed by atoms with van der Waals surface area (Å²) in [4.78, 5) is 24.2. The van der Waals surface area contributed by atoms with Gasteiger partial charge in [0.1, 0.15) is 6.04 Å². The molecule has 1 heterocycles. The van der Waals surface area contributed by atoms with E-state index >= 15 is 0 Å². The first-order valence-corrected chi connectivity index (χ1v) is 5.22. The van der Waals surface area contributed by atoms with E-state index in [1.165, 1.54) is 24.2 Å². The fourth-order valence-electron chi connectivity index (χ4n) is 1.62. The first kappa shape index (κ1) is 13.1. The number of amides is 1. The van der Waals surface area contributed by atoms with Crippen molar-refractivity contribution in [1.29, 1.82) is 0 Å². The maximum Gasteiger partial charge on any atom is 0.326 e. The topological polar surface area (TPSA) is 83.4 Å². The Labute approximate surface area is 99.3 Å². The number of aliphatic carboxylic acids is 1. The van der Waals surface area contributed by atoms with Crippen LogP contribution in [-0.4, -0.2) is 45.2 Å². The van der Waals surface area contributed by atoms with Crippen molar-refractivity contribution in [2.75, 3.05) is 7.05 Å². The summed E-state index contributed by atoms with van der Waals surface area (Å²) in [6.45, 7) is 3.50. The van der Waals surface area contributed by atoms with Gasteiger partial charge in [0.2, 0.25) is 0 Å². The highest BCUT2D eigenvalue weighted by Crippen LogP contribution is 2.12. The van der Waals surface area contributed by atoms with E-state index in [2.05, 4.69) is 10.2 Å². The fraction of sp³-hybridized carbons (Fsp3) is 0.455. The van der Waals surface area contributed by atoms with E-state index in [0.717, 1.165) is 0 Å². The summed E-state index contributed by atoms with van der Waals surface area (Å²) in [6.07, 6.45) is 1.45. The molecule has 0 saturated carbocycles. The zero-order valence-corrected chi connectivity index (χ0v) is 9.99. The van der Waals surface area contributed by atoms with Gasteiger partial charge in [0, 0.05) is 13.2 Å². The lowest BCUT2D eigenvalue weighted by atomic mass is 10.0. The summed E-state index contributed by atoms with van der Waals surface area (Å²) in [6, 6.07) is 2.22. The second-order valence-corrected chi connectivity index (χ2v) is 4.05. The van der Waals surface area contributed by atoms with Crippen LogP contribution in [0.5, 0.6) is 0 Å². The van der Waals surface area contributed by atoms with Crippen molar-refractivity contribution in [2.45, 2.75) is 19.9 Å². The zero-order valence-electron chi connectivity index (χ0n) is 9.99. The van der Waals surface area contributed by atoms with Crippen LogP contribution in [-0.2, 0) is 4.79 Å². The molecule has 0 aliphatic heterocycles. The Morgan fingerprint density at radius 3 is 2.47 bits per heavy atom. The molecule has 1 N–H and O–H groups in total. The molecule has 1 amide bonds. The van der Waals surface area contributed by atoms with E-state index in [1.807, 2.05) is 0 Å². The molecule has 0 aliphatic carbocycles. The van der Waals surface area contributed by atoms with Gasteiger partial charge in [-0.1, -0.05) is 13.8 Å². The summed E-state index contributed by atoms with van der Waals surface area (Å²) in [5.74, 6) is -1.66. The largest absolute Gasteiger partial charge is 0.480 e. The average molecular weight is 237 g/mol. The molecule has 6 nitrogen and oxygen atoms in total. The lowest BCUT2D eigenvalue weighted by Crippen LogP contribution is -2.45. The number of carbonyl (C=O) groups excluding carboxylic acids is 1. The Balaban J connectivity index is 2.92. The number of carboxylic acid groups (broad SMARTS) is 1. The van der Waals surface area contributed by atoms with Gasteiger partial charge in [0.05, 0.1) is 0 Å². The highest BCUT2D eigenvalue weighted by atomic mass is 16.4. The van der Waals surface area contributed by atoms with Crippen molar-refractivity contribution >= 4 is 11.9 Å². The van der Waals surface area contributed by atoms with Crippen molar-refractivity contribution < 1.29 is 14.7 Å². The molecule has 0 radical (unpaired) electrons. The molecule has 0 spiro atoms. The summed E-state index contributed by atoms with van der Waals surface area (Å²) in [5.41, 5.74) is 0.141. The Bertz CT molecular complexity index is 406. The molecule has 0 bridgehead atoms. The van der Waals surface area contributed by atoms with Crippen LogP contribution in [0.2, 0.25) is 0 Å². The lowest BCUT2D eigenvalue weighted by Gasteiger charge is -2.27. The van der Waals surface area contributed by atoms with E-state index in [9.17, 15) is 9.59 Å². The van der Waals surface area contributed by atoms with Crippen molar-refractivity contribution in [2.24, 2.45) is 5.92 Å². The molecule has 6 heteroatoms. The molecular formula is C11H15N3O3. The molecule has 0 fully saturated rings. The van der Waals surface area contributed by atoms with E-state index < -0.39 is 17.9 Å². The third kappa shape index (κ3) is 2.99. The Hall–Kier alpha value is -1.98. The molecule has 1 unspecified atom stereocenters. The van der Waals surface area contributed by atoms with Crippen LogP contribution in [0.4, 0.5) is 0 Å². The smallest absolute Gasteiger partial charge is 0.326 e. The van der Waals surface area contributed by atoms with Gasteiger partial charge in [-0.15, -0.1) is 5.10 Å². The number of nitrogens with zero attached hydrogens (tertiary/aromatic N) is 3. The average Bonchev–Trinajstić information content (AvgIpc) is 2.28. The van der Waals surface area contributed by atoms with E-state index in [-0.39, 0.29) is 11.6 Å². The van der Waals surface area contributed by atoms with Crippen LogP contribution in [0.25, 0.3) is 0 Å². The van der Waals surface area contributed by atoms with Gasteiger partial charge < -0.3 is 10.0 Å². The number of aromatic nitrogens is 2. The van der Waals surface area contributed by atoms with Gasteiger partial charge >= 0.3 is 5.97 Å². The van der Waals surface area contributed by atoms with Gasteiger partial charge in [-0.3, -0.25) is 4.79 Å². The maximum absolute atomic E-state index is 12.0. The third-order valence-electron chi connectivity index (χ3n) is 2.41. The van der Waals surface area contributed by atoms with Crippen molar-refractivity contribution in [3.8, 4) is 0 Å². The first-order chi connectivity index (χ1) is 7.95. The zero-order chi connectivity index (χ0) is 13.0. The Morgan fingerprint density at radius 2 is 2.06 bits per heavy atom. The number of carboxylic acids is 1. The molecule has 0 aliphatic rings. The van der Waals surface area contributed by atoms with Crippen molar-refractivity contribution in [3.05, 3.63) is 24.0 Å². The minimum Gasteiger partial charge on any atom is -0.480 e. The fourth-order valence-corrected chi connectivity index (χ4v) is 1.62. The summed E-state index contributed by atoms with van der Waals surface area (Å²) in [7, 11) is 1.45. The predicted octanol–water partition coefficient (Wildman–Crippen LogP) is 0.658. The standard InChI is InChI=1S/C11H15N3O3/c1-7(2)9(11(16)17)14(3)10(15)8-5-4-6-12-13-8/h4-7,9H,1-3H3,(H,16,17). The second-order valence-electron chi connectivity index (χ2n) is 4.05. The quantitative estimate of drug-likeness (QED) is 0.831. The Kier molecular flexibility index (Phi) is 4.14. The molecule has 0 saturated heterocycles. The lowest BCUT2D eigenvalue weighted by molar-refractivity contribution is -0.143. The van der Waals surface area contributed by atoms with Gasteiger partial charge in [0.25, 0.3) is 5.91 Å². The van der Waals surface area contributed by atoms with E-state index in [4.69, 9.17) is 5.11 Å². The minimum absolute atomic E-state index is 0.141. The maximum atomic E-state index is 12.0. The van der Waals surface area contributed by atoms with Gasteiger partial charge in [0.15, 0.2) is 5.69 Å². The number of rotatable bonds is 4. The summed E-state index contributed by atoms with van der Waals surface area (Å²) >= 11 is 0. The third-order valence-corrected chi connectivity index (χ3v) is 2.41. The molecule has 17 heavy (non-hydrogen) atoms. The van der Waals surface area contributed by atoms with Crippen LogP contribution >= 0.6 is 0 Å². The Morgan fingerprint density at radius 1 is 1.41 bits per heavy atom. The number of hydrogen-bond donors (Lipinski definition) is 1. The normalized spacial score (nSPS) is 12.2. The predicted molar refractivity (Wildman–Crippen MR) is 60.4 cm³/mol. The highest BCUT2D eigenvalue weighted by Gasteiger charge is 2.30. The highest BCUT2D eigenvalue weighted by molar-refractivity contribution is 5.94. The first-order valence-electron chi connectivity index (χ1n) is 5.22. The molecule has 1 atom stereocenters. The summed E-state index contributed by atoms with van der Waals surface area (Å²) < 4.78 is 0. The molecule has 1 aromatic heterocycles. The van der Waals surface area contributed by atoms with Crippen LogP contribution in [0.15, 0.2) is 18.3 Å². The number of carbonyl (C=O) groups is 2. The van der Waals surface area contributed by atoms with Gasteiger partial charge in [-0.2, -0.15) is 5.10 Å². The SMILES string of the molecule is CC(C)C(C(=O)O)N(C)C(=O)c1cccnn1. The number of hydrogen-bond acceptors (Lipinski definition) is 4. The minimum atomic E-state index is -1.03. The summed E-state index contributed by atoms with van der Waals surface area (Å²) in [5, 5.41) is 16.3. The monoisotopic (exact) mass is 237 g/mol. The second kappa shape index (κ2) is 5.38. The van der Waals surface area contributed by atoms with Crippen molar-refractivity contribution in [3.63, 3.8) is 0 Å². The van der Waals surface area contributed by atoms with E-state index in [0.29, 0.717) is 0 Å². The van der Waals surface area contributed by atoms with Crippen LogP contribution in [0.1, 0.15) is 24.3 Å².